The highest BCUT2D eigenvalue weighted by molar-refractivity contribution is 5.79. The van der Waals surface area contributed by atoms with Gasteiger partial charge >= 0.3 is 5.97 Å². The Hall–Kier alpha value is -1.61. The summed E-state index contributed by atoms with van der Waals surface area (Å²) in [6, 6.07) is 1.92. The lowest BCUT2D eigenvalue weighted by atomic mass is 10.4. The van der Waals surface area contributed by atoms with E-state index in [0.29, 0.717) is 13.2 Å². The number of rotatable bonds is 7. The molecule has 0 saturated carbocycles. The molecule has 0 rings (SSSR count). The van der Waals surface area contributed by atoms with Gasteiger partial charge in [0.05, 0.1) is 32.2 Å². The molecule has 0 bridgehead atoms. The van der Waals surface area contributed by atoms with Crippen molar-refractivity contribution >= 4 is 11.9 Å². The second kappa shape index (κ2) is 8.68. The fraction of sp³-hybridized carbons (Fsp3) is 0.700. The SMILES string of the molecule is CCOC(=O)CN(C)CC(=O)NCCC#N. The van der Waals surface area contributed by atoms with Crippen LogP contribution in [-0.2, 0) is 14.3 Å². The van der Waals surface area contributed by atoms with E-state index in [1.165, 1.54) is 0 Å². The zero-order valence-electron chi connectivity index (χ0n) is 9.65. The van der Waals surface area contributed by atoms with Crippen LogP contribution in [0.25, 0.3) is 0 Å². The zero-order valence-corrected chi connectivity index (χ0v) is 9.65. The molecule has 0 spiro atoms. The summed E-state index contributed by atoms with van der Waals surface area (Å²) in [6.45, 7) is 2.60. The van der Waals surface area contributed by atoms with Gasteiger partial charge in [-0.3, -0.25) is 14.5 Å². The fourth-order valence-corrected chi connectivity index (χ4v) is 1.04. The van der Waals surface area contributed by atoms with Crippen LogP contribution >= 0.6 is 0 Å². The first kappa shape index (κ1) is 14.4. The number of nitrogens with one attached hydrogen (secondary N) is 1. The van der Waals surface area contributed by atoms with Crippen LogP contribution in [0.5, 0.6) is 0 Å². The van der Waals surface area contributed by atoms with Crippen molar-refractivity contribution < 1.29 is 14.3 Å². The van der Waals surface area contributed by atoms with Crippen LogP contribution in [0, 0.1) is 11.3 Å². The lowest BCUT2D eigenvalue weighted by molar-refractivity contribution is -0.144. The van der Waals surface area contributed by atoms with Crippen LogP contribution in [-0.4, -0.2) is 50.1 Å². The quantitative estimate of drug-likeness (QED) is 0.469. The molecule has 16 heavy (non-hydrogen) atoms. The predicted molar refractivity (Wildman–Crippen MR) is 57.4 cm³/mol. The van der Waals surface area contributed by atoms with Gasteiger partial charge in [-0.05, 0) is 14.0 Å². The lowest BCUT2D eigenvalue weighted by Crippen LogP contribution is -2.38. The van der Waals surface area contributed by atoms with Crippen LogP contribution in [0.15, 0.2) is 0 Å². The minimum atomic E-state index is -0.352. The number of carbonyl (C=O) groups excluding carboxylic acids is 2. The highest BCUT2D eigenvalue weighted by atomic mass is 16.5. The molecule has 0 atom stereocenters. The highest BCUT2D eigenvalue weighted by Gasteiger charge is 2.10. The smallest absolute Gasteiger partial charge is 0.320 e. The third-order valence-electron chi connectivity index (χ3n) is 1.68. The number of hydrogen-bond donors (Lipinski definition) is 1. The number of nitrogens with zero attached hydrogens (tertiary/aromatic N) is 2. The average molecular weight is 227 g/mol. The van der Waals surface area contributed by atoms with Gasteiger partial charge < -0.3 is 10.1 Å². The Morgan fingerprint density at radius 2 is 2.12 bits per heavy atom. The van der Waals surface area contributed by atoms with E-state index in [4.69, 9.17) is 10.00 Å². The molecule has 0 aliphatic rings. The number of esters is 1. The maximum atomic E-state index is 11.3. The molecule has 0 saturated heterocycles. The average Bonchev–Trinajstić information content (AvgIpc) is 2.17. The van der Waals surface area contributed by atoms with E-state index in [0.717, 1.165) is 0 Å². The minimum Gasteiger partial charge on any atom is -0.465 e. The second-order valence-corrected chi connectivity index (χ2v) is 3.24. The Balaban J connectivity index is 3.70. The van der Waals surface area contributed by atoms with Gasteiger partial charge in [0, 0.05) is 6.54 Å². The zero-order chi connectivity index (χ0) is 12.4. The van der Waals surface area contributed by atoms with Gasteiger partial charge in [0.15, 0.2) is 0 Å². The van der Waals surface area contributed by atoms with Crippen molar-refractivity contribution in [1.82, 2.24) is 10.2 Å². The van der Waals surface area contributed by atoms with Crippen LogP contribution in [0.2, 0.25) is 0 Å². The molecule has 0 aromatic rings. The minimum absolute atomic E-state index is 0.0828. The molecule has 0 aromatic carbocycles. The van der Waals surface area contributed by atoms with Gasteiger partial charge in [0.2, 0.25) is 5.91 Å². The van der Waals surface area contributed by atoms with Crippen LogP contribution in [0.4, 0.5) is 0 Å². The van der Waals surface area contributed by atoms with E-state index in [-0.39, 0.29) is 31.4 Å². The van der Waals surface area contributed by atoms with Crippen LogP contribution in [0.3, 0.4) is 0 Å². The maximum absolute atomic E-state index is 11.3. The number of carbonyl (C=O) groups is 2. The van der Waals surface area contributed by atoms with E-state index < -0.39 is 0 Å². The van der Waals surface area contributed by atoms with Crippen molar-refractivity contribution in [2.24, 2.45) is 0 Å². The van der Waals surface area contributed by atoms with Gasteiger partial charge in [0.1, 0.15) is 0 Å². The van der Waals surface area contributed by atoms with Crippen molar-refractivity contribution in [3.05, 3.63) is 0 Å². The van der Waals surface area contributed by atoms with Crippen molar-refractivity contribution in [1.29, 1.82) is 5.26 Å². The highest BCUT2D eigenvalue weighted by Crippen LogP contribution is 1.86. The van der Waals surface area contributed by atoms with Gasteiger partial charge in [-0.1, -0.05) is 0 Å². The normalized spacial score (nSPS) is 9.62. The lowest BCUT2D eigenvalue weighted by Gasteiger charge is -2.14. The maximum Gasteiger partial charge on any atom is 0.320 e. The molecule has 0 unspecified atom stereocenters. The molecular weight excluding hydrogens is 210 g/mol. The summed E-state index contributed by atoms with van der Waals surface area (Å²) in [5.74, 6) is -0.558. The van der Waals surface area contributed by atoms with E-state index in [9.17, 15) is 9.59 Å². The summed E-state index contributed by atoms with van der Waals surface area (Å²) in [6.07, 6.45) is 0.285. The predicted octanol–water partition coefficient (Wildman–Crippen LogP) is -0.489. The third kappa shape index (κ3) is 7.76. The Bertz CT molecular complexity index is 273. The summed E-state index contributed by atoms with van der Waals surface area (Å²) in [4.78, 5) is 23.9. The van der Waals surface area contributed by atoms with E-state index in [2.05, 4.69) is 5.32 Å². The largest absolute Gasteiger partial charge is 0.465 e. The molecule has 1 amide bonds. The molecule has 0 aromatic heterocycles. The number of hydrogen-bond acceptors (Lipinski definition) is 5. The first-order chi connectivity index (χ1) is 7.60. The molecule has 1 N–H and O–H groups in total. The van der Waals surface area contributed by atoms with Gasteiger partial charge in [-0.15, -0.1) is 0 Å². The molecule has 0 aliphatic carbocycles. The monoisotopic (exact) mass is 227 g/mol. The van der Waals surface area contributed by atoms with E-state index >= 15 is 0 Å². The topological polar surface area (TPSA) is 82.4 Å². The molecule has 0 aliphatic heterocycles. The first-order valence-corrected chi connectivity index (χ1v) is 5.08. The summed E-state index contributed by atoms with van der Waals surface area (Å²) in [5.41, 5.74) is 0. The Morgan fingerprint density at radius 3 is 2.69 bits per heavy atom. The number of ether oxygens (including phenoxy) is 1. The molecule has 6 nitrogen and oxygen atoms in total. The summed E-state index contributed by atoms with van der Waals surface area (Å²) < 4.78 is 4.74. The summed E-state index contributed by atoms with van der Waals surface area (Å²) in [7, 11) is 1.65. The number of nitriles is 1. The number of amides is 1. The van der Waals surface area contributed by atoms with Crippen molar-refractivity contribution in [3.63, 3.8) is 0 Å². The second-order valence-electron chi connectivity index (χ2n) is 3.24. The van der Waals surface area contributed by atoms with Crippen molar-refractivity contribution in [3.8, 4) is 6.07 Å². The van der Waals surface area contributed by atoms with E-state index in [1.54, 1.807) is 18.9 Å². The molecule has 0 fully saturated rings. The van der Waals surface area contributed by atoms with Gasteiger partial charge in [-0.25, -0.2) is 0 Å². The van der Waals surface area contributed by atoms with Crippen LogP contribution in [0.1, 0.15) is 13.3 Å². The number of likely N-dealkylation sites (N-methyl/N-ethyl adjacent to an activating group) is 1. The van der Waals surface area contributed by atoms with Gasteiger partial charge in [-0.2, -0.15) is 5.26 Å². The summed E-state index contributed by atoms with van der Waals surface area (Å²) in [5, 5.41) is 10.8. The van der Waals surface area contributed by atoms with Gasteiger partial charge in [0.25, 0.3) is 0 Å². The molecule has 0 heterocycles. The first-order valence-electron chi connectivity index (χ1n) is 5.08. The molecular formula is C10H17N3O3. The molecule has 90 valence electrons. The van der Waals surface area contributed by atoms with Crippen molar-refractivity contribution in [2.45, 2.75) is 13.3 Å². The van der Waals surface area contributed by atoms with E-state index in [1.807, 2.05) is 6.07 Å². The summed E-state index contributed by atoms with van der Waals surface area (Å²) >= 11 is 0. The molecule has 6 heteroatoms. The van der Waals surface area contributed by atoms with Crippen LogP contribution < -0.4 is 5.32 Å². The fourth-order valence-electron chi connectivity index (χ4n) is 1.04. The Labute approximate surface area is 95.2 Å². The Kier molecular flexibility index (Phi) is 7.81. The molecule has 0 radical (unpaired) electrons. The Morgan fingerprint density at radius 1 is 1.44 bits per heavy atom. The van der Waals surface area contributed by atoms with Crippen molar-refractivity contribution in [2.75, 3.05) is 33.3 Å². The third-order valence-corrected chi connectivity index (χ3v) is 1.68. The standard InChI is InChI=1S/C10H17N3O3/c1-3-16-10(15)8-13(2)7-9(14)12-6-4-5-11/h3-4,6-8H2,1-2H3,(H,12,14).